The first-order valence-electron chi connectivity index (χ1n) is 5.47. The number of hydrogen-bond acceptors (Lipinski definition) is 5. The molecule has 102 valence electrons. The lowest BCUT2D eigenvalue weighted by atomic mass is 10.1. The van der Waals surface area contributed by atoms with Crippen LogP contribution in [0.25, 0.3) is 11.0 Å². The molecule has 0 amide bonds. The number of hydrogen-bond donors (Lipinski definition) is 0. The van der Waals surface area contributed by atoms with Gasteiger partial charge in [-0.25, -0.2) is 4.79 Å². The summed E-state index contributed by atoms with van der Waals surface area (Å²) in [6.07, 6.45) is 0. The first-order chi connectivity index (χ1) is 9.04. The highest BCUT2D eigenvalue weighted by atomic mass is 79.9. The lowest BCUT2D eigenvalue weighted by Gasteiger charge is -2.14. The highest BCUT2D eigenvalue weighted by Gasteiger charge is 2.21. The monoisotopic (exact) mass is 328 g/mol. The standard InChI is InChI=1S/C13H13BrO5/c1-6-7-5-8(16-2)11(17-3)12(18-4)10(7)19-13(15)9(6)14/h5H,1-4H3. The van der Waals surface area contributed by atoms with Crippen LogP contribution in [0.5, 0.6) is 17.2 Å². The summed E-state index contributed by atoms with van der Waals surface area (Å²) in [5.74, 6) is 1.24. The van der Waals surface area contributed by atoms with Crippen LogP contribution in [0.4, 0.5) is 0 Å². The van der Waals surface area contributed by atoms with Crippen molar-refractivity contribution in [3.63, 3.8) is 0 Å². The Morgan fingerprint density at radius 3 is 2.26 bits per heavy atom. The summed E-state index contributed by atoms with van der Waals surface area (Å²) in [5.41, 5.74) is 0.631. The second-order valence-corrected chi connectivity index (χ2v) is 4.64. The summed E-state index contributed by atoms with van der Waals surface area (Å²) in [7, 11) is 4.51. The summed E-state index contributed by atoms with van der Waals surface area (Å²) in [6, 6.07) is 1.75. The highest BCUT2D eigenvalue weighted by molar-refractivity contribution is 9.10. The molecular weight excluding hydrogens is 316 g/mol. The van der Waals surface area contributed by atoms with Gasteiger partial charge in [0.15, 0.2) is 11.3 Å². The fraction of sp³-hybridized carbons (Fsp3) is 0.308. The lowest BCUT2D eigenvalue weighted by Crippen LogP contribution is -2.04. The fourth-order valence-corrected chi connectivity index (χ4v) is 2.21. The van der Waals surface area contributed by atoms with Gasteiger partial charge in [0.1, 0.15) is 4.47 Å². The van der Waals surface area contributed by atoms with E-state index in [0.29, 0.717) is 27.3 Å². The molecule has 0 saturated carbocycles. The number of benzene rings is 1. The minimum atomic E-state index is -0.462. The molecule has 0 saturated heterocycles. The predicted octanol–water partition coefficient (Wildman–Crippen LogP) is 2.89. The number of rotatable bonds is 3. The molecule has 0 aliphatic carbocycles. The van der Waals surface area contributed by atoms with Crippen LogP contribution in [0.1, 0.15) is 5.56 Å². The molecule has 0 bridgehead atoms. The summed E-state index contributed by atoms with van der Waals surface area (Å²) in [4.78, 5) is 11.7. The summed E-state index contributed by atoms with van der Waals surface area (Å²) in [5, 5.41) is 0.723. The summed E-state index contributed by atoms with van der Waals surface area (Å²) < 4.78 is 21.5. The van der Waals surface area contributed by atoms with Crippen molar-refractivity contribution < 1.29 is 18.6 Å². The number of aryl methyl sites for hydroxylation is 1. The van der Waals surface area contributed by atoms with Crippen LogP contribution in [-0.4, -0.2) is 21.3 Å². The second-order valence-electron chi connectivity index (χ2n) is 3.85. The van der Waals surface area contributed by atoms with Crippen molar-refractivity contribution in [2.45, 2.75) is 6.92 Å². The van der Waals surface area contributed by atoms with E-state index in [9.17, 15) is 4.79 Å². The zero-order valence-electron chi connectivity index (χ0n) is 11.0. The summed E-state index contributed by atoms with van der Waals surface area (Å²) >= 11 is 3.21. The number of methoxy groups -OCH3 is 3. The van der Waals surface area contributed by atoms with E-state index in [0.717, 1.165) is 10.9 Å². The Kier molecular flexibility index (Phi) is 3.71. The number of ether oxygens (including phenoxy) is 3. The predicted molar refractivity (Wildman–Crippen MR) is 74.6 cm³/mol. The number of halogens is 1. The molecule has 19 heavy (non-hydrogen) atoms. The Bertz CT molecular complexity index is 690. The van der Waals surface area contributed by atoms with Crippen molar-refractivity contribution in [2.24, 2.45) is 0 Å². The molecule has 0 spiro atoms. The van der Waals surface area contributed by atoms with Crippen LogP contribution in [0.3, 0.4) is 0 Å². The molecule has 2 rings (SSSR count). The van der Waals surface area contributed by atoms with Gasteiger partial charge in [0.05, 0.1) is 21.3 Å². The highest BCUT2D eigenvalue weighted by Crippen LogP contribution is 2.44. The van der Waals surface area contributed by atoms with Gasteiger partial charge in [0.25, 0.3) is 0 Å². The van der Waals surface area contributed by atoms with Crippen molar-refractivity contribution in [3.05, 3.63) is 26.5 Å². The van der Waals surface area contributed by atoms with E-state index >= 15 is 0 Å². The van der Waals surface area contributed by atoms with Crippen LogP contribution < -0.4 is 19.8 Å². The molecule has 0 aliphatic rings. The lowest BCUT2D eigenvalue weighted by molar-refractivity contribution is 0.323. The minimum Gasteiger partial charge on any atom is -0.493 e. The zero-order valence-corrected chi connectivity index (χ0v) is 12.6. The van der Waals surface area contributed by atoms with Gasteiger partial charge in [-0.1, -0.05) is 0 Å². The molecule has 0 aliphatic heterocycles. The maximum Gasteiger partial charge on any atom is 0.351 e. The second kappa shape index (κ2) is 5.13. The maximum atomic E-state index is 11.7. The number of fused-ring (bicyclic) bond motifs is 1. The van der Waals surface area contributed by atoms with E-state index in [1.165, 1.54) is 21.3 Å². The van der Waals surface area contributed by atoms with Gasteiger partial charge >= 0.3 is 5.63 Å². The van der Waals surface area contributed by atoms with Gasteiger partial charge in [-0.2, -0.15) is 0 Å². The van der Waals surface area contributed by atoms with Crippen LogP contribution >= 0.6 is 15.9 Å². The molecule has 5 nitrogen and oxygen atoms in total. The van der Waals surface area contributed by atoms with Gasteiger partial charge in [0, 0.05) is 5.39 Å². The molecule has 1 aromatic carbocycles. The van der Waals surface area contributed by atoms with Gasteiger partial charge < -0.3 is 18.6 Å². The average Bonchev–Trinajstić information content (AvgIpc) is 2.43. The first-order valence-corrected chi connectivity index (χ1v) is 6.26. The molecule has 0 atom stereocenters. The van der Waals surface area contributed by atoms with E-state index in [4.69, 9.17) is 18.6 Å². The first kappa shape index (κ1) is 13.7. The molecule has 0 radical (unpaired) electrons. The third-order valence-corrected chi connectivity index (χ3v) is 3.81. The molecule has 6 heteroatoms. The molecular formula is C13H13BrO5. The molecule has 1 heterocycles. The van der Waals surface area contributed by atoms with Crippen LogP contribution in [0.2, 0.25) is 0 Å². The normalized spacial score (nSPS) is 10.6. The van der Waals surface area contributed by atoms with Crippen molar-refractivity contribution >= 4 is 26.9 Å². The Hall–Kier alpha value is -1.69. The van der Waals surface area contributed by atoms with E-state index in [1.54, 1.807) is 6.07 Å². The van der Waals surface area contributed by atoms with Crippen molar-refractivity contribution in [2.75, 3.05) is 21.3 Å². The minimum absolute atomic E-state index is 0.338. The van der Waals surface area contributed by atoms with E-state index in [-0.39, 0.29) is 0 Å². The van der Waals surface area contributed by atoms with Gasteiger partial charge in [-0.05, 0) is 34.5 Å². The van der Waals surface area contributed by atoms with Crippen molar-refractivity contribution in [3.8, 4) is 17.2 Å². The molecule has 0 fully saturated rings. The fourth-order valence-electron chi connectivity index (χ4n) is 1.92. The maximum absolute atomic E-state index is 11.7. The Morgan fingerprint density at radius 1 is 1.11 bits per heavy atom. The van der Waals surface area contributed by atoms with Gasteiger partial charge in [0.2, 0.25) is 11.5 Å². The van der Waals surface area contributed by atoms with Crippen LogP contribution in [0.15, 0.2) is 19.8 Å². The Balaban J connectivity index is 3.01. The molecule has 0 unspecified atom stereocenters. The summed E-state index contributed by atoms with van der Waals surface area (Å²) in [6.45, 7) is 1.81. The van der Waals surface area contributed by atoms with Gasteiger partial charge in [-0.15, -0.1) is 0 Å². The zero-order chi connectivity index (χ0) is 14.2. The van der Waals surface area contributed by atoms with Crippen molar-refractivity contribution in [1.29, 1.82) is 0 Å². The van der Waals surface area contributed by atoms with E-state index < -0.39 is 5.63 Å². The Labute approximate surface area is 118 Å². The molecule has 0 N–H and O–H groups in total. The van der Waals surface area contributed by atoms with E-state index in [1.807, 2.05) is 6.92 Å². The van der Waals surface area contributed by atoms with Crippen LogP contribution in [0, 0.1) is 6.92 Å². The van der Waals surface area contributed by atoms with E-state index in [2.05, 4.69) is 15.9 Å². The Morgan fingerprint density at radius 2 is 1.74 bits per heavy atom. The average molecular weight is 329 g/mol. The smallest absolute Gasteiger partial charge is 0.351 e. The third kappa shape index (κ3) is 2.06. The molecule has 2 aromatic rings. The van der Waals surface area contributed by atoms with Crippen LogP contribution in [-0.2, 0) is 0 Å². The molecule has 1 aromatic heterocycles. The quantitative estimate of drug-likeness (QED) is 0.811. The topological polar surface area (TPSA) is 57.9 Å². The largest absolute Gasteiger partial charge is 0.493 e. The third-order valence-electron chi connectivity index (χ3n) is 2.89. The van der Waals surface area contributed by atoms with Crippen molar-refractivity contribution in [1.82, 2.24) is 0 Å². The van der Waals surface area contributed by atoms with Gasteiger partial charge in [-0.3, -0.25) is 0 Å². The SMILES string of the molecule is COc1cc2c(C)c(Br)c(=O)oc2c(OC)c1OC.